The lowest BCUT2D eigenvalue weighted by Gasteiger charge is -2.28. The van der Waals surface area contributed by atoms with Crippen LogP contribution in [0.4, 0.5) is 5.69 Å². The Labute approximate surface area is 141 Å². The van der Waals surface area contributed by atoms with Gasteiger partial charge >= 0.3 is 0 Å². The van der Waals surface area contributed by atoms with E-state index in [4.69, 9.17) is 0 Å². The quantitative estimate of drug-likeness (QED) is 0.742. The average molecular weight is 317 g/mol. The lowest BCUT2D eigenvalue weighted by atomic mass is 9.93. The summed E-state index contributed by atoms with van der Waals surface area (Å²) in [6.07, 6.45) is 7.02. The van der Waals surface area contributed by atoms with Gasteiger partial charge in [0.15, 0.2) is 0 Å². The molecule has 24 heavy (non-hydrogen) atoms. The van der Waals surface area contributed by atoms with Gasteiger partial charge in [0.2, 0.25) is 5.91 Å². The highest BCUT2D eigenvalue weighted by Crippen LogP contribution is 2.33. The summed E-state index contributed by atoms with van der Waals surface area (Å²) in [5, 5.41) is 0. The smallest absolute Gasteiger partial charge is 0.227 e. The molecule has 0 fully saturated rings. The fourth-order valence-corrected chi connectivity index (χ4v) is 3.41. The summed E-state index contributed by atoms with van der Waals surface area (Å²) in [6, 6.07) is 16.9. The molecule has 0 radical (unpaired) electrons. The largest absolute Gasteiger partial charge is 0.326 e. The number of rotatable bonds is 3. The van der Waals surface area contributed by atoms with Crippen molar-refractivity contribution in [3.8, 4) is 0 Å². The van der Waals surface area contributed by atoms with Gasteiger partial charge in [-0.05, 0) is 29.2 Å². The zero-order valence-electron chi connectivity index (χ0n) is 13.6. The molecule has 1 amide bonds. The summed E-state index contributed by atoms with van der Waals surface area (Å²) < 4.78 is 2.10. The number of hydrogen-bond acceptors (Lipinski definition) is 2. The Balaban J connectivity index is 1.84. The van der Waals surface area contributed by atoms with Crippen molar-refractivity contribution in [2.24, 2.45) is 0 Å². The molecule has 1 aromatic heterocycles. The fraction of sp³-hybridized carbons (Fsp3) is 0.200. The molecular weight excluding hydrogens is 298 g/mol. The lowest BCUT2D eigenvalue weighted by molar-refractivity contribution is -0.118. The second-order valence-corrected chi connectivity index (χ2v) is 6.16. The monoisotopic (exact) mass is 317 g/mol. The topological polar surface area (TPSA) is 38.1 Å². The highest BCUT2D eigenvalue weighted by atomic mass is 16.2. The van der Waals surface area contributed by atoms with Crippen molar-refractivity contribution in [1.29, 1.82) is 0 Å². The summed E-state index contributed by atoms with van der Waals surface area (Å²) in [6.45, 7) is 0. The van der Waals surface area contributed by atoms with Crippen LogP contribution in [-0.2, 0) is 11.2 Å². The third-order valence-electron chi connectivity index (χ3n) is 4.71. The van der Waals surface area contributed by atoms with Crippen LogP contribution in [0.25, 0.3) is 0 Å². The second-order valence-electron chi connectivity index (χ2n) is 6.16. The summed E-state index contributed by atoms with van der Waals surface area (Å²) in [5.41, 5.74) is 4.60. The van der Waals surface area contributed by atoms with Gasteiger partial charge in [-0.3, -0.25) is 4.79 Å². The molecule has 120 valence electrons. The first-order chi connectivity index (χ1) is 11.7. The van der Waals surface area contributed by atoms with Crippen molar-refractivity contribution in [1.82, 2.24) is 9.55 Å². The summed E-state index contributed by atoms with van der Waals surface area (Å²) >= 11 is 0. The van der Waals surface area contributed by atoms with Gasteiger partial charge in [-0.1, -0.05) is 42.5 Å². The molecule has 0 bridgehead atoms. The van der Waals surface area contributed by atoms with Crippen LogP contribution in [0.15, 0.2) is 67.3 Å². The van der Waals surface area contributed by atoms with E-state index in [9.17, 15) is 4.79 Å². The highest BCUT2D eigenvalue weighted by Gasteiger charge is 2.23. The third-order valence-corrected chi connectivity index (χ3v) is 4.71. The Morgan fingerprint density at radius 2 is 1.88 bits per heavy atom. The van der Waals surface area contributed by atoms with Crippen molar-refractivity contribution in [2.45, 2.75) is 18.9 Å². The molecule has 1 unspecified atom stereocenters. The minimum Gasteiger partial charge on any atom is -0.326 e. The fourth-order valence-electron chi connectivity index (χ4n) is 3.41. The van der Waals surface area contributed by atoms with Crippen LogP contribution in [0.3, 0.4) is 0 Å². The number of carbonyl (C=O) groups is 1. The number of benzene rings is 2. The maximum Gasteiger partial charge on any atom is 0.227 e. The van der Waals surface area contributed by atoms with Gasteiger partial charge in [0.1, 0.15) is 0 Å². The predicted molar refractivity (Wildman–Crippen MR) is 94.1 cm³/mol. The molecule has 1 aliphatic heterocycles. The normalized spacial score (nSPS) is 15.2. The Hall–Kier alpha value is -2.88. The molecule has 4 nitrogen and oxygen atoms in total. The maximum atomic E-state index is 12.0. The predicted octanol–water partition coefficient (Wildman–Crippen LogP) is 3.43. The first kappa shape index (κ1) is 14.7. The minimum absolute atomic E-state index is 0.0458. The van der Waals surface area contributed by atoms with E-state index in [1.807, 2.05) is 37.8 Å². The van der Waals surface area contributed by atoms with E-state index < -0.39 is 0 Å². The van der Waals surface area contributed by atoms with E-state index >= 15 is 0 Å². The number of anilines is 1. The van der Waals surface area contributed by atoms with Gasteiger partial charge in [-0.15, -0.1) is 0 Å². The number of carbonyl (C=O) groups excluding carboxylic acids is 1. The molecule has 1 atom stereocenters. The molecule has 3 aromatic rings. The van der Waals surface area contributed by atoms with Crippen LogP contribution in [0, 0.1) is 0 Å². The van der Waals surface area contributed by atoms with Gasteiger partial charge in [0.25, 0.3) is 0 Å². The molecule has 2 aromatic carbocycles. The molecule has 2 heterocycles. The number of fused-ring (bicyclic) bond motifs is 1. The van der Waals surface area contributed by atoms with Gasteiger partial charge < -0.3 is 9.47 Å². The van der Waals surface area contributed by atoms with Crippen LogP contribution in [0.1, 0.15) is 29.2 Å². The Morgan fingerprint density at radius 1 is 1.04 bits per heavy atom. The summed E-state index contributed by atoms with van der Waals surface area (Å²) in [5.74, 6) is 0.179. The van der Waals surface area contributed by atoms with Crippen LogP contribution >= 0.6 is 0 Å². The number of nitrogens with zero attached hydrogens (tertiary/aromatic N) is 3. The van der Waals surface area contributed by atoms with Crippen molar-refractivity contribution in [2.75, 3.05) is 11.9 Å². The van der Waals surface area contributed by atoms with Crippen molar-refractivity contribution in [3.63, 3.8) is 0 Å². The highest BCUT2D eigenvalue weighted by molar-refractivity contribution is 5.96. The lowest BCUT2D eigenvalue weighted by Crippen LogP contribution is -2.31. The Morgan fingerprint density at radius 3 is 2.62 bits per heavy atom. The zero-order valence-corrected chi connectivity index (χ0v) is 13.6. The number of imidazole rings is 1. The number of amides is 1. The molecule has 1 aliphatic rings. The maximum absolute atomic E-state index is 12.0. The van der Waals surface area contributed by atoms with E-state index in [1.165, 1.54) is 11.1 Å². The van der Waals surface area contributed by atoms with E-state index in [2.05, 4.69) is 39.9 Å². The molecule has 0 N–H and O–H groups in total. The van der Waals surface area contributed by atoms with Crippen LogP contribution < -0.4 is 4.90 Å². The number of hydrogen-bond donors (Lipinski definition) is 0. The standard InChI is InChI=1S/C20H19N3O/c1-22-18-13-17(8-7-15(18)9-10-19(22)24)20(23-12-11-21-14-23)16-5-3-2-4-6-16/h2-8,11-14,20H,9-10H2,1H3. The minimum atomic E-state index is 0.0458. The molecule has 4 heteroatoms. The van der Waals surface area contributed by atoms with Gasteiger partial charge in [0, 0.05) is 31.5 Å². The SMILES string of the molecule is CN1C(=O)CCc2ccc(C(c3ccccc3)n3ccnc3)cc21. The second kappa shape index (κ2) is 5.96. The van der Waals surface area contributed by atoms with Crippen molar-refractivity contribution >= 4 is 11.6 Å². The number of aryl methyl sites for hydroxylation is 1. The van der Waals surface area contributed by atoms with Crippen LogP contribution in [0.2, 0.25) is 0 Å². The van der Waals surface area contributed by atoms with Crippen molar-refractivity contribution < 1.29 is 4.79 Å². The molecule has 0 saturated heterocycles. The molecular formula is C20H19N3O. The van der Waals surface area contributed by atoms with Crippen LogP contribution in [-0.4, -0.2) is 22.5 Å². The van der Waals surface area contributed by atoms with Gasteiger partial charge in [0.05, 0.1) is 12.4 Å². The van der Waals surface area contributed by atoms with E-state index in [1.54, 1.807) is 11.1 Å². The molecule has 4 rings (SSSR count). The van der Waals surface area contributed by atoms with E-state index in [-0.39, 0.29) is 11.9 Å². The molecule has 0 aliphatic carbocycles. The average Bonchev–Trinajstić information content (AvgIpc) is 3.14. The zero-order chi connectivity index (χ0) is 16.5. The molecule has 0 saturated carbocycles. The first-order valence-electron chi connectivity index (χ1n) is 8.16. The van der Waals surface area contributed by atoms with Gasteiger partial charge in [-0.25, -0.2) is 4.98 Å². The Bertz CT molecular complexity index is 856. The third kappa shape index (κ3) is 2.50. The van der Waals surface area contributed by atoms with Crippen LogP contribution in [0.5, 0.6) is 0 Å². The molecule has 0 spiro atoms. The first-order valence-corrected chi connectivity index (χ1v) is 8.16. The van der Waals surface area contributed by atoms with Crippen molar-refractivity contribution in [3.05, 3.63) is 83.9 Å². The summed E-state index contributed by atoms with van der Waals surface area (Å²) in [4.78, 5) is 18.0. The summed E-state index contributed by atoms with van der Waals surface area (Å²) in [7, 11) is 1.86. The van der Waals surface area contributed by atoms with Gasteiger partial charge in [-0.2, -0.15) is 0 Å². The van der Waals surface area contributed by atoms with E-state index in [0.29, 0.717) is 6.42 Å². The Kier molecular flexibility index (Phi) is 3.65. The van der Waals surface area contributed by atoms with E-state index in [0.717, 1.165) is 17.7 Å². The number of aromatic nitrogens is 2.